The van der Waals surface area contributed by atoms with Crippen LogP contribution >= 0.6 is 0 Å². The van der Waals surface area contributed by atoms with Gasteiger partial charge in [-0.3, -0.25) is 4.79 Å². The molecule has 0 aliphatic rings. The van der Waals surface area contributed by atoms with Gasteiger partial charge >= 0.3 is 0 Å². The maximum absolute atomic E-state index is 13.1. The second kappa shape index (κ2) is 8.35. The zero-order valence-corrected chi connectivity index (χ0v) is 16.6. The summed E-state index contributed by atoms with van der Waals surface area (Å²) in [6.07, 6.45) is 0. The minimum absolute atomic E-state index is 0.112. The van der Waals surface area contributed by atoms with Crippen molar-refractivity contribution < 1.29 is 23.9 Å². The number of aryl methyl sites for hydroxylation is 1. The van der Waals surface area contributed by atoms with E-state index in [1.54, 1.807) is 38.3 Å². The molecule has 0 saturated heterocycles. The first-order chi connectivity index (χ1) is 13.5. The van der Waals surface area contributed by atoms with Crippen LogP contribution in [-0.2, 0) is 6.54 Å². The quantitative estimate of drug-likeness (QED) is 0.678. The summed E-state index contributed by atoms with van der Waals surface area (Å²) in [5, 5.41) is 12.8. The molecule has 148 valence electrons. The van der Waals surface area contributed by atoms with Crippen LogP contribution in [0, 0.1) is 6.92 Å². The molecule has 1 aromatic heterocycles. The Morgan fingerprint density at radius 3 is 2.50 bits per heavy atom. The summed E-state index contributed by atoms with van der Waals surface area (Å²) < 4.78 is 16.9. The summed E-state index contributed by atoms with van der Waals surface area (Å²) in [5.41, 5.74) is 0.592. The largest absolute Gasteiger partial charge is 0.872 e. The topological polar surface area (TPSA) is 76.2 Å². The molecule has 6 nitrogen and oxygen atoms in total. The van der Waals surface area contributed by atoms with Gasteiger partial charge in [0.05, 0.1) is 25.6 Å². The van der Waals surface area contributed by atoms with Crippen LogP contribution in [0.15, 0.2) is 45.6 Å². The average Bonchev–Trinajstić information content (AvgIpc) is 2.70. The number of benzene rings is 2. The van der Waals surface area contributed by atoms with E-state index in [1.165, 1.54) is 17.0 Å². The summed E-state index contributed by atoms with van der Waals surface area (Å²) >= 11 is 0. The molecule has 1 N–H and O–H groups in total. The molecular weight excluding hydrogens is 358 g/mol. The molecule has 0 fully saturated rings. The average molecular weight is 383 g/mol. The number of fused-ring (bicyclic) bond motifs is 1. The number of hydrogen-bond donors (Lipinski definition) is 1. The van der Waals surface area contributed by atoms with Gasteiger partial charge in [0.25, 0.3) is 0 Å². The van der Waals surface area contributed by atoms with Gasteiger partial charge in [-0.1, -0.05) is 17.9 Å². The van der Waals surface area contributed by atoms with Gasteiger partial charge in [-0.05, 0) is 39.0 Å². The van der Waals surface area contributed by atoms with E-state index in [0.717, 1.165) is 13.1 Å². The Morgan fingerprint density at radius 2 is 1.82 bits per heavy atom. The molecule has 3 rings (SSSR count). The summed E-state index contributed by atoms with van der Waals surface area (Å²) in [6, 6.07) is 9.95. The third-order valence-corrected chi connectivity index (χ3v) is 4.93. The second-order valence-corrected chi connectivity index (χ2v) is 6.65. The zero-order chi connectivity index (χ0) is 20.3. The Balaban J connectivity index is 2.10. The van der Waals surface area contributed by atoms with Crippen molar-refractivity contribution in [2.45, 2.75) is 27.3 Å². The number of quaternary nitrogens is 1. The molecule has 2 aromatic carbocycles. The molecule has 0 aliphatic carbocycles. The van der Waals surface area contributed by atoms with Crippen LogP contribution in [0.3, 0.4) is 0 Å². The van der Waals surface area contributed by atoms with Gasteiger partial charge in [0.15, 0.2) is 0 Å². The smallest absolute Gasteiger partial charge is 0.235 e. The molecule has 0 radical (unpaired) electrons. The van der Waals surface area contributed by atoms with Crippen molar-refractivity contribution in [3.05, 3.63) is 57.9 Å². The van der Waals surface area contributed by atoms with E-state index < -0.39 is 0 Å². The lowest BCUT2D eigenvalue weighted by Crippen LogP contribution is -3.10. The molecule has 28 heavy (non-hydrogen) atoms. The Morgan fingerprint density at radius 1 is 1.11 bits per heavy atom. The lowest BCUT2D eigenvalue weighted by molar-refractivity contribution is -0.910. The highest BCUT2D eigenvalue weighted by Crippen LogP contribution is 2.30. The summed E-state index contributed by atoms with van der Waals surface area (Å²) in [7, 11) is 1.56. The molecule has 0 amide bonds. The Bertz CT molecular complexity index is 1040. The van der Waals surface area contributed by atoms with E-state index >= 15 is 0 Å². The number of ether oxygens (including phenoxy) is 2. The van der Waals surface area contributed by atoms with E-state index in [2.05, 4.69) is 13.8 Å². The maximum atomic E-state index is 13.1. The van der Waals surface area contributed by atoms with Gasteiger partial charge < -0.3 is 23.9 Å². The standard InChI is InChI=1S/C22H25NO5/c1-5-23(6-2)13-18-19(24)11-10-17-20(25)21(14(3)27-22(17)18)28-16-9-7-8-15(12-16)26-4/h7-12,24H,5-6,13H2,1-4H3. The molecule has 0 unspecified atom stereocenters. The molecule has 6 heteroatoms. The van der Waals surface area contributed by atoms with Crippen LogP contribution in [0.1, 0.15) is 25.2 Å². The second-order valence-electron chi connectivity index (χ2n) is 6.65. The molecule has 0 spiro atoms. The minimum Gasteiger partial charge on any atom is -0.872 e. The predicted octanol–water partition coefficient (Wildman–Crippen LogP) is 2.40. The monoisotopic (exact) mass is 383 g/mol. The first-order valence-corrected chi connectivity index (χ1v) is 9.40. The van der Waals surface area contributed by atoms with Crippen LogP contribution < -0.4 is 24.9 Å². The number of hydrogen-bond acceptors (Lipinski definition) is 5. The van der Waals surface area contributed by atoms with Gasteiger partial charge in [0.1, 0.15) is 29.4 Å². The van der Waals surface area contributed by atoms with Gasteiger partial charge in [0, 0.05) is 11.6 Å². The van der Waals surface area contributed by atoms with E-state index in [4.69, 9.17) is 13.9 Å². The Hall–Kier alpha value is -2.99. The van der Waals surface area contributed by atoms with E-state index in [9.17, 15) is 9.90 Å². The normalized spacial score (nSPS) is 11.2. The van der Waals surface area contributed by atoms with Crippen molar-refractivity contribution in [3.8, 4) is 23.0 Å². The van der Waals surface area contributed by atoms with Crippen LogP contribution in [0.5, 0.6) is 23.0 Å². The fourth-order valence-electron chi connectivity index (χ4n) is 3.20. The Labute approximate surface area is 163 Å². The summed E-state index contributed by atoms with van der Waals surface area (Å²) in [4.78, 5) is 14.3. The van der Waals surface area contributed by atoms with E-state index in [1.807, 2.05) is 0 Å². The summed E-state index contributed by atoms with van der Waals surface area (Å²) in [5.74, 6) is 1.43. The molecule has 0 saturated carbocycles. The summed E-state index contributed by atoms with van der Waals surface area (Å²) in [6.45, 7) is 8.08. The predicted molar refractivity (Wildman–Crippen MR) is 105 cm³/mol. The third-order valence-electron chi connectivity index (χ3n) is 4.93. The van der Waals surface area contributed by atoms with Crippen molar-refractivity contribution >= 4 is 11.0 Å². The lowest BCUT2D eigenvalue weighted by atomic mass is 10.1. The SMILES string of the molecule is CC[NH+](CC)Cc1c([O-])ccc2c(=O)c(Oc3cccc(OC)c3)c(C)oc12. The van der Waals surface area contributed by atoms with Crippen molar-refractivity contribution in [1.29, 1.82) is 0 Å². The fraction of sp³-hybridized carbons (Fsp3) is 0.318. The van der Waals surface area contributed by atoms with Crippen molar-refractivity contribution in [2.24, 2.45) is 0 Å². The van der Waals surface area contributed by atoms with Gasteiger partial charge in [-0.2, -0.15) is 0 Å². The minimum atomic E-state index is -0.294. The van der Waals surface area contributed by atoms with Gasteiger partial charge in [-0.15, -0.1) is 0 Å². The van der Waals surface area contributed by atoms with Crippen LogP contribution in [0.4, 0.5) is 0 Å². The van der Waals surface area contributed by atoms with Crippen molar-refractivity contribution in [2.75, 3.05) is 20.2 Å². The highest BCUT2D eigenvalue weighted by Gasteiger charge is 2.18. The van der Waals surface area contributed by atoms with Crippen molar-refractivity contribution in [1.82, 2.24) is 0 Å². The van der Waals surface area contributed by atoms with Gasteiger partial charge in [-0.25, -0.2) is 0 Å². The molecule has 0 aliphatic heterocycles. The molecule has 0 atom stereocenters. The number of rotatable bonds is 7. The van der Waals surface area contributed by atoms with E-state index in [0.29, 0.717) is 40.3 Å². The maximum Gasteiger partial charge on any atom is 0.235 e. The third kappa shape index (κ3) is 3.82. The molecule has 1 heterocycles. The fourth-order valence-corrected chi connectivity index (χ4v) is 3.20. The number of nitrogens with one attached hydrogen (secondary N) is 1. The number of methoxy groups -OCH3 is 1. The van der Waals surface area contributed by atoms with E-state index in [-0.39, 0.29) is 16.9 Å². The van der Waals surface area contributed by atoms with Crippen LogP contribution in [0.2, 0.25) is 0 Å². The molecular formula is C22H25NO5. The van der Waals surface area contributed by atoms with Crippen LogP contribution in [-0.4, -0.2) is 20.2 Å². The molecule has 3 aromatic rings. The first kappa shape index (κ1) is 19.8. The Kier molecular flexibility index (Phi) is 5.90. The highest BCUT2D eigenvalue weighted by molar-refractivity contribution is 5.83. The van der Waals surface area contributed by atoms with Crippen LogP contribution in [0.25, 0.3) is 11.0 Å². The highest BCUT2D eigenvalue weighted by atomic mass is 16.5. The van der Waals surface area contributed by atoms with Gasteiger partial charge in [0.2, 0.25) is 11.2 Å². The van der Waals surface area contributed by atoms with Crippen molar-refractivity contribution in [3.63, 3.8) is 0 Å². The first-order valence-electron chi connectivity index (χ1n) is 9.40. The zero-order valence-electron chi connectivity index (χ0n) is 16.6. The molecule has 0 bridgehead atoms. The lowest BCUT2D eigenvalue weighted by Gasteiger charge is -2.21.